The zero-order valence-electron chi connectivity index (χ0n) is 11.3. The molecule has 1 aromatic rings. The van der Waals surface area contributed by atoms with Gasteiger partial charge in [0.25, 0.3) is 0 Å². The number of aliphatic hydroxyl groups is 1. The Morgan fingerprint density at radius 1 is 1.42 bits per heavy atom. The molecule has 19 heavy (non-hydrogen) atoms. The Balaban J connectivity index is 2.30. The highest BCUT2D eigenvalue weighted by atomic mass is 32.2. The number of rotatable bonds is 7. The van der Waals surface area contributed by atoms with Crippen LogP contribution in [-0.4, -0.2) is 35.2 Å². The Hall–Kier alpha value is -1.07. The summed E-state index contributed by atoms with van der Waals surface area (Å²) in [4.78, 5) is 11.6. The summed E-state index contributed by atoms with van der Waals surface area (Å²) in [5, 5.41) is 12.6. The van der Waals surface area contributed by atoms with Crippen LogP contribution in [0, 0.1) is 5.82 Å². The second-order valence-corrected chi connectivity index (χ2v) is 5.70. The number of aryl methyl sites for hydroxylation is 1. The van der Waals surface area contributed by atoms with E-state index in [0.29, 0.717) is 18.6 Å². The average Bonchev–Trinajstić information content (AvgIpc) is 2.36. The molecule has 3 nitrogen and oxygen atoms in total. The number of benzene rings is 1. The van der Waals surface area contributed by atoms with E-state index in [4.69, 9.17) is 0 Å². The first-order valence-electron chi connectivity index (χ1n) is 6.15. The van der Waals surface area contributed by atoms with E-state index < -0.39 is 5.60 Å². The molecule has 1 aromatic carbocycles. The maximum absolute atomic E-state index is 12.7. The van der Waals surface area contributed by atoms with Crippen LogP contribution < -0.4 is 5.32 Å². The summed E-state index contributed by atoms with van der Waals surface area (Å²) < 4.78 is 12.7. The van der Waals surface area contributed by atoms with Crippen LogP contribution in [0.4, 0.5) is 4.39 Å². The summed E-state index contributed by atoms with van der Waals surface area (Å²) in [6.45, 7) is 1.94. The van der Waals surface area contributed by atoms with Crippen molar-refractivity contribution in [1.29, 1.82) is 0 Å². The van der Waals surface area contributed by atoms with Crippen molar-refractivity contribution in [3.8, 4) is 0 Å². The van der Waals surface area contributed by atoms with Crippen molar-refractivity contribution in [3.05, 3.63) is 35.6 Å². The van der Waals surface area contributed by atoms with Gasteiger partial charge in [0.05, 0.1) is 5.60 Å². The number of thioether (sulfide) groups is 1. The van der Waals surface area contributed by atoms with Crippen LogP contribution in [0.1, 0.15) is 18.9 Å². The van der Waals surface area contributed by atoms with Crippen LogP contribution >= 0.6 is 11.8 Å². The largest absolute Gasteiger partial charge is 0.387 e. The van der Waals surface area contributed by atoms with Gasteiger partial charge < -0.3 is 10.4 Å². The molecular weight excluding hydrogens is 265 g/mol. The lowest BCUT2D eigenvalue weighted by atomic mass is 10.1. The second-order valence-electron chi connectivity index (χ2n) is 4.83. The first kappa shape index (κ1) is 16.0. The van der Waals surface area contributed by atoms with Gasteiger partial charge in [0.15, 0.2) is 0 Å². The predicted octanol–water partition coefficient (Wildman–Crippen LogP) is 1.99. The molecule has 0 aliphatic carbocycles. The summed E-state index contributed by atoms with van der Waals surface area (Å²) in [6.07, 6.45) is 2.81. The van der Waals surface area contributed by atoms with Crippen LogP contribution in [0.25, 0.3) is 0 Å². The van der Waals surface area contributed by atoms with Crippen molar-refractivity contribution < 1.29 is 14.3 Å². The van der Waals surface area contributed by atoms with Crippen LogP contribution in [0.5, 0.6) is 0 Å². The van der Waals surface area contributed by atoms with Gasteiger partial charge in [0.1, 0.15) is 5.82 Å². The zero-order chi connectivity index (χ0) is 14.3. The van der Waals surface area contributed by atoms with Crippen molar-refractivity contribution in [2.45, 2.75) is 25.4 Å². The Morgan fingerprint density at radius 3 is 2.63 bits per heavy atom. The lowest BCUT2D eigenvalue weighted by Gasteiger charge is -2.22. The van der Waals surface area contributed by atoms with Crippen LogP contribution in [0.15, 0.2) is 24.3 Å². The molecule has 0 aliphatic rings. The van der Waals surface area contributed by atoms with Crippen molar-refractivity contribution in [2.75, 3.05) is 18.6 Å². The summed E-state index contributed by atoms with van der Waals surface area (Å²) >= 11 is 1.53. The van der Waals surface area contributed by atoms with Gasteiger partial charge in [-0.3, -0.25) is 4.79 Å². The molecule has 5 heteroatoms. The van der Waals surface area contributed by atoms with E-state index in [1.165, 1.54) is 23.9 Å². The number of halogens is 1. The Morgan fingerprint density at radius 2 is 2.05 bits per heavy atom. The van der Waals surface area contributed by atoms with Gasteiger partial charge in [0, 0.05) is 18.7 Å². The van der Waals surface area contributed by atoms with Crippen LogP contribution in [0.3, 0.4) is 0 Å². The average molecular weight is 285 g/mol. The maximum atomic E-state index is 12.7. The number of hydrogen-bond donors (Lipinski definition) is 2. The minimum Gasteiger partial charge on any atom is -0.387 e. The third-order valence-electron chi connectivity index (χ3n) is 2.68. The van der Waals surface area contributed by atoms with E-state index >= 15 is 0 Å². The Bertz CT molecular complexity index is 406. The summed E-state index contributed by atoms with van der Waals surface area (Å²) in [5.74, 6) is 0.192. The van der Waals surface area contributed by atoms with Crippen LogP contribution in [0.2, 0.25) is 0 Å². The molecule has 0 fully saturated rings. The van der Waals surface area contributed by atoms with Crippen LogP contribution in [-0.2, 0) is 11.2 Å². The minimum absolute atomic E-state index is 0.106. The fourth-order valence-corrected chi connectivity index (χ4v) is 2.37. The van der Waals surface area contributed by atoms with Crippen molar-refractivity contribution in [1.82, 2.24) is 5.32 Å². The third kappa shape index (κ3) is 6.59. The smallest absolute Gasteiger partial charge is 0.220 e. The molecule has 0 spiro atoms. The standard InChI is InChI=1S/C14H20FNO2S/c1-14(18,10-19-2)9-16-13(17)8-5-11-3-6-12(15)7-4-11/h3-4,6-7,18H,5,8-10H2,1-2H3,(H,16,17). The van der Waals surface area contributed by atoms with E-state index in [0.717, 1.165) is 5.56 Å². The number of nitrogens with one attached hydrogen (secondary N) is 1. The van der Waals surface area contributed by atoms with E-state index in [-0.39, 0.29) is 18.3 Å². The highest BCUT2D eigenvalue weighted by Gasteiger charge is 2.20. The van der Waals surface area contributed by atoms with E-state index in [2.05, 4.69) is 5.32 Å². The first-order valence-corrected chi connectivity index (χ1v) is 7.55. The molecule has 0 bridgehead atoms. The molecule has 0 aromatic heterocycles. The lowest BCUT2D eigenvalue weighted by Crippen LogP contribution is -2.42. The van der Waals surface area contributed by atoms with Crippen molar-refractivity contribution in [2.24, 2.45) is 0 Å². The van der Waals surface area contributed by atoms with Gasteiger partial charge >= 0.3 is 0 Å². The van der Waals surface area contributed by atoms with Gasteiger partial charge in [0.2, 0.25) is 5.91 Å². The number of amides is 1. The number of carbonyl (C=O) groups excluding carboxylic acids is 1. The van der Waals surface area contributed by atoms with Gasteiger partial charge in [-0.25, -0.2) is 4.39 Å². The Labute approximate surface area is 117 Å². The van der Waals surface area contributed by atoms with Crippen molar-refractivity contribution >= 4 is 17.7 Å². The Kier molecular flexibility index (Phi) is 6.31. The fourth-order valence-electron chi connectivity index (χ4n) is 1.65. The molecule has 2 N–H and O–H groups in total. The SMILES string of the molecule is CSCC(C)(O)CNC(=O)CCc1ccc(F)cc1. The minimum atomic E-state index is -0.884. The van der Waals surface area contributed by atoms with Gasteiger partial charge in [-0.2, -0.15) is 11.8 Å². The van der Waals surface area contributed by atoms with E-state index in [1.807, 2.05) is 6.26 Å². The summed E-state index contributed by atoms with van der Waals surface area (Å²) in [6, 6.07) is 6.12. The van der Waals surface area contributed by atoms with E-state index in [1.54, 1.807) is 19.1 Å². The number of hydrogen-bond acceptors (Lipinski definition) is 3. The normalized spacial score (nSPS) is 13.9. The predicted molar refractivity (Wildman–Crippen MR) is 76.7 cm³/mol. The van der Waals surface area contributed by atoms with Gasteiger partial charge in [-0.1, -0.05) is 12.1 Å². The third-order valence-corrected chi connectivity index (χ3v) is 3.59. The molecule has 0 aliphatic heterocycles. The molecule has 1 atom stereocenters. The van der Waals surface area contributed by atoms with E-state index in [9.17, 15) is 14.3 Å². The monoisotopic (exact) mass is 285 g/mol. The zero-order valence-corrected chi connectivity index (χ0v) is 12.1. The first-order chi connectivity index (χ1) is 8.93. The molecular formula is C14H20FNO2S. The topological polar surface area (TPSA) is 49.3 Å². The molecule has 1 unspecified atom stereocenters. The molecule has 0 saturated carbocycles. The lowest BCUT2D eigenvalue weighted by molar-refractivity contribution is -0.122. The molecule has 0 heterocycles. The second kappa shape index (κ2) is 7.50. The highest BCUT2D eigenvalue weighted by Crippen LogP contribution is 2.09. The molecule has 1 amide bonds. The number of carbonyl (C=O) groups is 1. The molecule has 0 radical (unpaired) electrons. The molecule has 106 valence electrons. The summed E-state index contributed by atoms with van der Waals surface area (Å²) in [7, 11) is 0. The quantitative estimate of drug-likeness (QED) is 0.805. The van der Waals surface area contributed by atoms with Crippen molar-refractivity contribution in [3.63, 3.8) is 0 Å². The molecule has 1 rings (SSSR count). The molecule has 0 saturated heterocycles. The maximum Gasteiger partial charge on any atom is 0.220 e. The van der Waals surface area contributed by atoms with Gasteiger partial charge in [-0.15, -0.1) is 0 Å². The fraction of sp³-hybridized carbons (Fsp3) is 0.500. The highest BCUT2D eigenvalue weighted by molar-refractivity contribution is 7.98. The van der Waals surface area contributed by atoms with Gasteiger partial charge in [-0.05, 0) is 37.3 Å². The summed E-state index contributed by atoms with van der Waals surface area (Å²) in [5.41, 5.74) is 0.0396.